The van der Waals surface area contributed by atoms with Crippen LogP contribution in [0.4, 0.5) is 5.69 Å². The number of hydrogen-bond acceptors (Lipinski definition) is 5. The number of rotatable bonds is 7. The van der Waals surface area contributed by atoms with E-state index in [9.17, 15) is 21.6 Å². The monoisotopic (exact) mass is 395 g/mol. The van der Waals surface area contributed by atoms with Gasteiger partial charge in [0.25, 0.3) is 5.91 Å². The van der Waals surface area contributed by atoms with Gasteiger partial charge in [0.15, 0.2) is 0 Å². The maximum absolute atomic E-state index is 12.2. The molecule has 0 aliphatic rings. The Morgan fingerprint density at radius 3 is 2.00 bits per heavy atom. The molecule has 0 aliphatic heterocycles. The average Bonchev–Trinajstić information content (AvgIpc) is 2.60. The Kier molecular flexibility index (Phi) is 5.93. The molecule has 138 valence electrons. The minimum absolute atomic E-state index is 0.0217. The zero-order valence-electron chi connectivity index (χ0n) is 13.5. The molecule has 10 heteroatoms. The van der Waals surface area contributed by atoms with Gasteiger partial charge >= 0.3 is 0 Å². The Morgan fingerprint density at radius 2 is 1.50 bits per heavy atom. The minimum Gasteiger partial charge on any atom is -0.322 e. The van der Waals surface area contributed by atoms with Crippen LogP contribution in [0.1, 0.15) is 10.4 Å². The van der Waals surface area contributed by atoms with Crippen molar-refractivity contribution in [2.75, 3.05) is 11.9 Å². The van der Waals surface area contributed by atoms with Gasteiger partial charge in [0.2, 0.25) is 20.0 Å². The number of sulfonamides is 2. The molecule has 0 atom stereocenters. The number of anilines is 1. The predicted molar refractivity (Wildman–Crippen MR) is 97.6 cm³/mol. The van der Waals surface area contributed by atoms with Crippen LogP contribution in [0.15, 0.2) is 71.0 Å². The van der Waals surface area contributed by atoms with Crippen LogP contribution in [0, 0.1) is 0 Å². The van der Waals surface area contributed by atoms with Crippen molar-refractivity contribution in [2.45, 2.75) is 9.79 Å². The third kappa shape index (κ3) is 4.99. The molecule has 2 rings (SSSR count). The maximum atomic E-state index is 12.2. The van der Waals surface area contributed by atoms with Crippen molar-refractivity contribution in [1.29, 1.82) is 0 Å². The molecule has 0 fully saturated rings. The van der Waals surface area contributed by atoms with Gasteiger partial charge in [-0.3, -0.25) is 4.79 Å². The minimum atomic E-state index is -3.81. The van der Waals surface area contributed by atoms with E-state index in [-0.39, 0.29) is 21.9 Å². The van der Waals surface area contributed by atoms with E-state index in [4.69, 9.17) is 5.14 Å². The molecule has 0 aromatic heterocycles. The molecule has 1 amide bonds. The number of amides is 1. The van der Waals surface area contributed by atoms with Crippen LogP contribution in [0.3, 0.4) is 0 Å². The molecule has 2 aromatic rings. The maximum Gasteiger partial charge on any atom is 0.255 e. The van der Waals surface area contributed by atoms with E-state index in [0.29, 0.717) is 5.69 Å². The number of carbonyl (C=O) groups excluding carboxylic acids is 1. The first-order valence-electron chi connectivity index (χ1n) is 7.28. The molecule has 2 aromatic carbocycles. The summed E-state index contributed by atoms with van der Waals surface area (Å²) in [6.07, 6.45) is 1.42. The standard InChI is InChI=1S/C16H17N3O5S2/c1-2-11-18-26(23,24)15-7-3-12(4-8-15)16(20)19-13-5-9-14(10-6-13)25(17,21)22/h2-10,18H,1,11H2,(H,19,20)(H2,17,21,22). The fourth-order valence-corrected chi connectivity index (χ4v) is 3.48. The molecule has 26 heavy (non-hydrogen) atoms. The summed E-state index contributed by atoms with van der Waals surface area (Å²) in [7, 11) is -7.47. The molecular formula is C16H17N3O5S2. The lowest BCUT2D eigenvalue weighted by molar-refractivity contribution is 0.102. The number of carbonyl (C=O) groups is 1. The Bertz CT molecular complexity index is 1010. The van der Waals surface area contributed by atoms with E-state index in [0.717, 1.165) is 0 Å². The largest absolute Gasteiger partial charge is 0.322 e. The van der Waals surface area contributed by atoms with Gasteiger partial charge in [-0.1, -0.05) is 6.08 Å². The second-order valence-electron chi connectivity index (χ2n) is 5.19. The summed E-state index contributed by atoms with van der Waals surface area (Å²) in [4.78, 5) is 12.1. The lowest BCUT2D eigenvalue weighted by Crippen LogP contribution is -2.23. The Balaban J connectivity index is 2.12. The number of hydrogen-bond donors (Lipinski definition) is 3. The summed E-state index contributed by atoms with van der Waals surface area (Å²) in [6.45, 7) is 3.53. The van der Waals surface area contributed by atoms with Crippen LogP contribution < -0.4 is 15.2 Å². The first-order chi connectivity index (χ1) is 12.1. The highest BCUT2D eigenvalue weighted by atomic mass is 32.2. The highest BCUT2D eigenvalue weighted by molar-refractivity contribution is 7.89. The number of primary sulfonamides is 1. The van der Waals surface area contributed by atoms with Crippen LogP contribution in [-0.2, 0) is 20.0 Å². The molecule has 0 bridgehead atoms. The van der Waals surface area contributed by atoms with Crippen molar-refractivity contribution in [3.05, 3.63) is 66.7 Å². The van der Waals surface area contributed by atoms with E-state index in [1.54, 1.807) is 0 Å². The molecule has 8 nitrogen and oxygen atoms in total. The SMILES string of the molecule is C=CCNS(=O)(=O)c1ccc(C(=O)Nc2ccc(S(N)(=O)=O)cc2)cc1. The topological polar surface area (TPSA) is 135 Å². The normalized spacial score (nSPS) is 11.7. The lowest BCUT2D eigenvalue weighted by atomic mass is 10.2. The second-order valence-corrected chi connectivity index (χ2v) is 8.52. The molecule has 0 unspecified atom stereocenters. The van der Waals surface area contributed by atoms with Gasteiger partial charge in [-0.15, -0.1) is 6.58 Å². The summed E-state index contributed by atoms with van der Waals surface area (Å²) in [5.74, 6) is -0.476. The van der Waals surface area contributed by atoms with Gasteiger partial charge in [0.05, 0.1) is 9.79 Å². The molecule has 0 saturated carbocycles. The van der Waals surface area contributed by atoms with Gasteiger partial charge in [-0.2, -0.15) is 0 Å². The lowest BCUT2D eigenvalue weighted by Gasteiger charge is -2.08. The van der Waals surface area contributed by atoms with Crippen molar-refractivity contribution in [3.63, 3.8) is 0 Å². The molecule has 0 spiro atoms. The van der Waals surface area contributed by atoms with Crippen molar-refractivity contribution in [3.8, 4) is 0 Å². The number of nitrogens with two attached hydrogens (primary N) is 1. The number of nitrogens with one attached hydrogen (secondary N) is 2. The van der Waals surface area contributed by atoms with Gasteiger partial charge in [0.1, 0.15) is 0 Å². The highest BCUT2D eigenvalue weighted by Gasteiger charge is 2.14. The van der Waals surface area contributed by atoms with Crippen molar-refractivity contribution in [2.24, 2.45) is 5.14 Å². The zero-order chi connectivity index (χ0) is 19.4. The average molecular weight is 395 g/mol. The van der Waals surface area contributed by atoms with Crippen molar-refractivity contribution in [1.82, 2.24) is 4.72 Å². The van der Waals surface area contributed by atoms with Gasteiger partial charge < -0.3 is 5.32 Å². The fraction of sp³-hybridized carbons (Fsp3) is 0.0625. The fourth-order valence-electron chi connectivity index (χ4n) is 1.97. The second kappa shape index (κ2) is 7.79. The first kappa shape index (κ1) is 19.8. The highest BCUT2D eigenvalue weighted by Crippen LogP contribution is 2.15. The third-order valence-corrected chi connectivity index (χ3v) is 5.65. The summed E-state index contributed by atoms with van der Waals surface area (Å²) < 4.78 is 48.6. The molecule has 0 saturated heterocycles. The van der Waals surface area contributed by atoms with Crippen LogP contribution in [0.5, 0.6) is 0 Å². The van der Waals surface area contributed by atoms with Crippen LogP contribution in [0.25, 0.3) is 0 Å². The summed E-state index contributed by atoms with van der Waals surface area (Å²) >= 11 is 0. The quantitative estimate of drug-likeness (QED) is 0.602. The van der Waals surface area contributed by atoms with Crippen LogP contribution >= 0.6 is 0 Å². The van der Waals surface area contributed by atoms with E-state index < -0.39 is 26.0 Å². The van der Waals surface area contributed by atoms with Gasteiger partial charge in [-0.25, -0.2) is 26.7 Å². The first-order valence-corrected chi connectivity index (χ1v) is 10.3. The molecular weight excluding hydrogens is 378 g/mol. The summed E-state index contributed by atoms with van der Waals surface area (Å²) in [6, 6.07) is 10.7. The van der Waals surface area contributed by atoms with Crippen LogP contribution in [-0.4, -0.2) is 29.3 Å². The molecule has 0 radical (unpaired) electrons. The predicted octanol–water partition coefficient (Wildman–Crippen LogP) is 1.05. The smallest absolute Gasteiger partial charge is 0.255 e. The van der Waals surface area contributed by atoms with Crippen LogP contribution in [0.2, 0.25) is 0 Å². The third-order valence-electron chi connectivity index (χ3n) is 3.29. The van der Waals surface area contributed by atoms with Gasteiger partial charge in [-0.05, 0) is 48.5 Å². The molecule has 0 heterocycles. The van der Waals surface area contributed by atoms with E-state index in [1.807, 2.05) is 0 Å². The van der Waals surface area contributed by atoms with Gasteiger partial charge in [0, 0.05) is 17.8 Å². The van der Waals surface area contributed by atoms with E-state index in [2.05, 4.69) is 16.6 Å². The molecule has 0 aliphatic carbocycles. The zero-order valence-corrected chi connectivity index (χ0v) is 15.2. The Hall–Kier alpha value is -2.53. The van der Waals surface area contributed by atoms with E-state index in [1.165, 1.54) is 54.6 Å². The Labute approximate surface area is 151 Å². The van der Waals surface area contributed by atoms with Crippen molar-refractivity contribution < 1.29 is 21.6 Å². The summed E-state index contributed by atoms with van der Waals surface area (Å²) in [5, 5.41) is 7.58. The Morgan fingerprint density at radius 1 is 0.962 bits per heavy atom. The number of benzene rings is 2. The molecule has 4 N–H and O–H groups in total. The summed E-state index contributed by atoms with van der Waals surface area (Å²) in [5.41, 5.74) is 0.606. The van der Waals surface area contributed by atoms with E-state index >= 15 is 0 Å². The van der Waals surface area contributed by atoms with Crippen molar-refractivity contribution >= 4 is 31.6 Å².